The molecule has 0 fully saturated rings. The van der Waals surface area contributed by atoms with Crippen LogP contribution >= 0.6 is 0 Å². The summed E-state index contributed by atoms with van der Waals surface area (Å²) in [6.45, 7) is 7.63. The van der Waals surface area contributed by atoms with Crippen LogP contribution in [0.2, 0.25) is 0 Å². The maximum Gasteiger partial charge on any atom is 0.313 e. The van der Waals surface area contributed by atoms with Crippen molar-refractivity contribution in [3.63, 3.8) is 0 Å². The maximum atomic E-state index is 12.8. The van der Waals surface area contributed by atoms with Crippen molar-refractivity contribution in [2.75, 3.05) is 0 Å². The molecular formula is C22H22O5. The SMILES string of the molecule is CC(C)C(=O)Oc1ccc2c(=O)c(Oc3ccccc3C(C)C)coc2c1. The molecule has 5 nitrogen and oxygen atoms in total. The van der Waals surface area contributed by atoms with E-state index in [4.69, 9.17) is 13.9 Å². The van der Waals surface area contributed by atoms with Crippen LogP contribution in [0.5, 0.6) is 17.2 Å². The molecule has 3 rings (SSSR count). The fourth-order valence-electron chi connectivity index (χ4n) is 2.63. The second-order valence-electron chi connectivity index (χ2n) is 6.96. The fourth-order valence-corrected chi connectivity index (χ4v) is 2.63. The molecule has 5 heteroatoms. The number of carbonyl (C=O) groups is 1. The van der Waals surface area contributed by atoms with Crippen molar-refractivity contribution in [1.29, 1.82) is 0 Å². The van der Waals surface area contributed by atoms with Gasteiger partial charge in [-0.1, -0.05) is 45.9 Å². The zero-order valence-corrected chi connectivity index (χ0v) is 15.8. The third kappa shape index (κ3) is 4.03. The highest BCUT2D eigenvalue weighted by Gasteiger charge is 2.15. The first-order valence-corrected chi connectivity index (χ1v) is 8.91. The first-order valence-electron chi connectivity index (χ1n) is 8.91. The highest BCUT2D eigenvalue weighted by atomic mass is 16.5. The Hall–Kier alpha value is -3.08. The highest BCUT2D eigenvalue weighted by molar-refractivity contribution is 5.81. The van der Waals surface area contributed by atoms with E-state index in [1.54, 1.807) is 26.0 Å². The number of ether oxygens (including phenoxy) is 2. The molecule has 1 heterocycles. The van der Waals surface area contributed by atoms with Gasteiger partial charge in [0.1, 0.15) is 23.3 Å². The molecule has 0 atom stereocenters. The van der Waals surface area contributed by atoms with Gasteiger partial charge in [0.05, 0.1) is 11.3 Å². The van der Waals surface area contributed by atoms with Crippen molar-refractivity contribution in [1.82, 2.24) is 0 Å². The molecule has 1 aromatic heterocycles. The molecule has 0 bridgehead atoms. The number of fused-ring (bicyclic) bond motifs is 1. The molecular weight excluding hydrogens is 344 g/mol. The average Bonchev–Trinajstić information content (AvgIpc) is 2.64. The third-order valence-electron chi connectivity index (χ3n) is 4.17. The van der Waals surface area contributed by atoms with Crippen LogP contribution < -0.4 is 14.9 Å². The number of benzene rings is 2. The van der Waals surface area contributed by atoms with Crippen LogP contribution in [0.4, 0.5) is 0 Å². The number of esters is 1. The summed E-state index contributed by atoms with van der Waals surface area (Å²) in [5.41, 5.74) is 1.06. The van der Waals surface area contributed by atoms with E-state index in [1.807, 2.05) is 24.3 Å². The van der Waals surface area contributed by atoms with Crippen molar-refractivity contribution in [2.45, 2.75) is 33.6 Å². The zero-order chi connectivity index (χ0) is 19.6. The van der Waals surface area contributed by atoms with E-state index < -0.39 is 0 Å². The monoisotopic (exact) mass is 366 g/mol. The molecule has 2 aromatic carbocycles. The Morgan fingerprint density at radius 2 is 1.74 bits per heavy atom. The van der Waals surface area contributed by atoms with E-state index in [-0.39, 0.29) is 29.0 Å². The van der Waals surface area contributed by atoms with Crippen molar-refractivity contribution in [3.05, 3.63) is 64.5 Å². The minimum Gasteiger partial charge on any atom is -0.460 e. The van der Waals surface area contributed by atoms with Gasteiger partial charge in [0.15, 0.2) is 0 Å². The topological polar surface area (TPSA) is 65.7 Å². The van der Waals surface area contributed by atoms with E-state index in [1.165, 1.54) is 12.3 Å². The molecule has 0 unspecified atom stereocenters. The van der Waals surface area contributed by atoms with Crippen molar-refractivity contribution in [3.8, 4) is 17.2 Å². The summed E-state index contributed by atoms with van der Waals surface area (Å²) in [7, 11) is 0. The second kappa shape index (κ2) is 7.66. The molecule has 0 N–H and O–H groups in total. The summed E-state index contributed by atoms with van der Waals surface area (Å²) < 4.78 is 16.7. The van der Waals surface area contributed by atoms with Gasteiger partial charge in [-0.3, -0.25) is 9.59 Å². The first kappa shape index (κ1) is 18.7. The van der Waals surface area contributed by atoms with Gasteiger partial charge in [-0.15, -0.1) is 0 Å². The molecule has 0 aliphatic heterocycles. The standard InChI is InChI=1S/C22H22O5/c1-13(2)16-7-5-6-8-18(16)27-20-12-25-19-11-15(26-22(24)14(3)4)9-10-17(19)21(20)23/h5-14H,1-4H3. The smallest absolute Gasteiger partial charge is 0.313 e. The second-order valence-corrected chi connectivity index (χ2v) is 6.96. The minimum absolute atomic E-state index is 0.113. The van der Waals surface area contributed by atoms with Gasteiger partial charge in [0.2, 0.25) is 11.2 Å². The maximum absolute atomic E-state index is 12.8. The van der Waals surface area contributed by atoms with Crippen molar-refractivity contribution >= 4 is 16.9 Å². The highest BCUT2D eigenvalue weighted by Crippen LogP contribution is 2.30. The summed E-state index contributed by atoms with van der Waals surface area (Å²) in [6.07, 6.45) is 1.29. The molecule has 0 amide bonds. The number of para-hydroxylation sites is 1. The third-order valence-corrected chi connectivity index (χ3v) is 4.17. The van der Waals surface area contributed by atoms with Crippen LogP contribution in [0, 0.1) is 5.92 Å². The molecule has 140 valence electrons. The number of rotatable bonds is 5. The van der Waals surface area contributed by atoms with Crippen LogP contribution in [-0.2, 0) is 4.79 Å². The molecule has 3 aromatic rings. The molecule has 0 saturated carbocycles. The Kier molecular flexibility index (Phi) is 5.31. The van der Waals surface area contributed by atoms with E-state index in [0.717, 1.165) is 5.56 Å². The molecule has 0 spiro atoms. The Bertz CT molecular complexity index is 1030. The Morgan fingerprint density at radius 3 is 2.44 bits per heavy atom. The number of carbonyl (C=O) groups excluding carboxylic acids is 1. The summed E-state index contributed by atoms with van der Waals surface area (Å²) >= 11 is 0. The van der Waals surface area contributed by atoms with Crippen molar-refractivity contribution in [2.24, 2.45) is 5.92 Å². The van der Waals surface area contributed by atoms with Crippen molar-refractivity contribution < 1.29 is 18.7 Å². The average molecular weight is 366 g/mol. The van der Waals surface area contributed by atoms with Gasteiger partial charge < -0.3 is 13.9 Å². The van der Waals surface area contributed by atoms with E-state index in [0.29, 0.717) is 22.5 Å². The lowest BCUT2D eigenvalue weighted by atomic mass is 10.0. The van der Waals surface area contributed by atoms with Crippen LogP contribution in [0.25, 0.3) is 11.0 Å². The van der Waals surface area contributed by atoms with Gasteiger partial charge >= 0.3 is 5.97 Å². The van der Waals surface area contributed by atoms with Gasteiger partial charge in [-0.25, -0.2) is 0 Å². The van der Waals surface area contributed by atoms with Crippen LogP contribution in [-0.4, -0.2) is 5.97 Å². The Labute approximate surface area is 157 Å². The van der Waals surface area contributed by atoms with E-state index in [9.17, 15) is 9.59 Å². The molecule has 0 saturated heterocycles. The Balaban J connectivity index is 1.94. The molecule has 0 aliphatic carbocycles. The summed E-state index contributed by atoms with van der Waals surface area (Å²) in [5.74, 6) is 0.741. The summed E-state index contributed by atoms with van der Waals surface area (Å²) in [4.78, 5) is 24.5. The van der Waals surface area contributed by atoms with Gasteiger partial charge in [-0.05, 0) is 29.7 Å². The first-order chi connectivity index (χ1) is 12.9. The van der Waals surface area contributed by atoms with E-state index in [2.05, 4.69) is 13.8 Å². The van der Waals surface area contributed by atoms with Gasteiger partial charge in [0, 0.05) is 6.07 Å². The lowest BCUT2D eigenvalue weighted by molar-refractivity contribution is -0.137. The number of hydrogen-bond acceptors (Lipinski definition) is 5. The van der Waals surface area contributed by atoms with Gasteiger partial charge in [0.25, 0.3) is 0 Å². The predicted molar refractivity (Wildman–Crippen MR) is 104 cm³/mol. The van der Waals surface area contributed by atoms with Crippen LogP contribution in [0.15, 0.2) is 57.9 Å². The quantitative estimate of drug-likeness (QED) is 0.454. The minimum atomic E-state index is -0.345. The predicted octanol–water partition coefficient (Wildman–Crippen LogP) is 5.27. The summed E-state index contributed by atoms with van der Waals surface area (Å²) in [6, 6.07) is 12.3. The zero-order valence-electron chi connectivity index (χ0n) is 15.8. The van der Waals surface area contributed by atoms with E-state index >= 15 is 0 Å². The Morgan fingerprint density at radius 1 is 1.00 bits per heavy atom. The normalized spacial score (nSPS) is 11.2. The van der Waals surface area contributed by atoms with Crippen LogP contribution in [0.1, 0.15) is 39.2 Å². The largest absolute Gasteiger partial charge is 0.460 e. The molecule has 27 heavy (non-hydrogen) atoms. The fraction of sp³-hybridized carbons (Fsp3) is 0.273. The lowest BCUT2D eigenvalue weighted by Crippen LogP contribution is -2.14. The molecule has 0 aliphatic rings. The lowest BCUT2D eigenvalue weighted by Gasteiger charge is -2.13. The number of hydrogen-bond donors (Lipinski definition) is 0. The van der Waals surface area contributed by atoms with Gasteiger partial charge in [-0.2, -0.15) is 0 Å². The summed E-state index contributed by atoms with van der Waals surface area (Å²) in [5, 5.41) is 0.360. The molecule has 0 radical (unpaired) electrons. The van der Waals surface area contributed by atoms with Crippen LogP contribution in [0.3, 0.4) is 0 Å².